The molecule has 0 spiro atoms. The molecule has 2 aliphatic rings. The Morgan fingerprint density at radius 2 is 2.00 bits per heavy atom. The van der Waals surface area contributed by atoms with Crippen LogP contribution in [0, 0.1) is 0 Å². The van der Waals surface area contributed by atoms with Crippen LogP contribution >= 0.6 is 0 Å². The molecule has 0 saturated heterocycles. The Balaban J connectivity index is 1.61. The average molecular weight is 262 g/mol. The van der Waals surface area contributed by atoms with Crippen molar-refractivity contribution in [2.75, 3.05) is 13.1 Å². The first-order valence-electron chi connectivity index (χ1n) is 7.85. The number of hydrogen-bond donors (Lipinski definition) is 1. The lowest BCUT2D eigenvalue weighted by molar-refractivity contribution is 0.121. The summed E-state index contributed by atoms with van der Waals surface area (Å²) in [5.41, 5.74) is 6.95. The van der Waals surface area contributed by atoms with E-state index in [1.54, 1.807) is 0 Å². The van der Waals surface area contributed by atoms with E-state index in [2.05, 4.69) is 21.8 Å². The molecule has 0 amide bonds. The summed E-state index contributed by atoms with van der Waals surface area (Å²) in [7, 11) is 0. The summed E-state index contributed by atoms with van der Waals surface area (Å²) < 4.78 is 2.20. The maximum atomic E-state index is 5.74. The SMILES string of the molecule is NCCN(Cc1ccn(C2CCCC2)n1)C1CCC1. The van der Waals surface area contributed by atoms with Crippen LogP contribution in [0.4, 0.5) is 0 Å². The van der Waals surface area contributed by atoms with E-state index in [1.807, 2.05) is 0 Å². The molecular weight excluding hydrogens is 236 g/mol. The maximum Gasteiger partial charge on any atom is 0.0765 e. The van der Waals surface area contributed by atoms with Gasteiger partial charge in [0.15, 0.2) is 0 Å². The van der Waals surface area contributed by atoms with Gasteiger partial charge in [-0.1, -0.05) is 19.3 Å². The van der Waals surface area contributed by atoms with Crippen molar-refractivity contribution in [1.82, 2.24) is 14.7 Å². The van der Waals surface area contributed by atoms with Gasteiger partial charge in [-0.05, 0) is 31.7 Å². The van der Waals surface area contributed by atoms with E-state index in [0.29, 0.717) is 6.04 Å². The smallest absolute Gasteiger partial charge is 0.0765 e. The molecule has 0 atom stereocenters. The first-order chi connectivity index (χ1) is 9.36. The van der Waals surface area contributed by atoms with Crippen LogP contribution in [-0.4, -0.2) is 33.8 Å². The van der Waals surface area contributed by atoms with Crippen molar-refractivity contribution < 1.29 is 0 Å². The summed E-state index contributed by atoms with van der Waals surface area (Å²) >= 11 is 0. The Kier molecular flexibility index (Phi) is 4.18. The standard InChI is InChI=1S/C15H26N4/c16-9-11-18(14-6-3-7-14)12-13-8-10-19(17-13)15-4-1-2-5-15/h8,10,14-15H,1-7,9,11-12,16H2. The van der Waals surface area contributed by atoms with Crippen LogP contribution in [0.1, 0.15) is 56.7 Å². The second-order valence-corrected chi connectivity index (χ2v) is 6.07. The molecule has 2 saturated carbocycles. The highest BCUT2D eigenvalue weighted by atomic mass is 15.3. The fraction of sp³-hybridized carbons (Fsp3) is 0.800. The van der Waals surface area contributed by atoms with Crippen molar-refractivity contribution in [3.05, 3.63) is 18.0 Å². The molecule has 0 unspecified atom stereocenters. The third-order valence-electron chi connectivity index (χ3n) is 4.73. The maximum absolute atomic E-state index is 5.74. The minimum atomic E-state index is 0.653. The second kappa shape index (κ2) is 6.06. The van der Waals surface area contributed by atoms with Gasteiger partial charge in [-0.25, -0.2) is 0 Å². The lowest BCUT2D eigenvalue weighted by Crippen LogP contribution is -2.42. The lowest BCUT2D eigenvalue weighted by atomic mass is 9.91. The lowest BCUT2D eigenvalue weighted by Gasteiger charge is -2.37. The molecule has 0 radical (unpaired) electrons. The van der Waals surface area contributed by atoms with E-state index >= 15 is 0 Å². The van der Waals surface area contributed by atoms with Crippen molar-refractivity contribution in [2.24, 2.45) is 5.73 Å². The van der Waals surface area contributed by atoms with Gasteiger partial charge in [0.25, 0.3) is 0 Å². The third kappa shape index (κ3) is 3.00. The predicted octanol–water partition coefficient (Wildman–Crippen LogP) is 2.31. The van der Waals surface area contributed by atoms with Crippen LogP contribution in [0.3, 0.4) is 0 Å². The molecule has 3 rings (SSSR count). The van der Waals surface area contributed by atoms with Gasteiger partial charge in [-0.15, -0.1) is 0 Å². The summed E-state index contributed by atoms with van der Waals surface area (Å²) in [4.78, 5) is 2.52. The topological polar surface area (TPSA) is 47.1 Å². The average Bonchev–Trinajstić information content (AvgIpc) is 2.95. The molecule has 1 aromatic rings. The number of nitrogens with zero attached hydrogens (tertiary/aromatic N) is 3. The summed E-state index contributed by atoms with van der Waals surface area (Å²) in [6.45, 7) is 2.72. The molecule has 4 heteroatoms. The molecule has 1 aromatic heterocycles. The summed E-state index contributed by atoms with van der Waals surface area (Å²) in [5.74, 6) is 0. The fourth-order valence-electron chi connectivity index (χ4n) is 3.35. The van der Waals surface area contributed by atoms with Crippen molar-refractivity contribution in [3.8, 4) is 0 Å². The Morgan fingerprint density at radius 1 is 1.21 bits per heavy atom. The minimum absolute atomic E-state index is 0.653. The van der Waals surface area contributed by atoms with Gasteiger partial charge in [0.05, 0.1) is 11.7 Å². The van der Waals surface area contributed by atoms with Crippen LogP contribution in [0.2, 0.25) is 0 Å². The van der Waals surface area contributed by atoms with Gasteiger partial charge in [0, 0.05) is 31.9 Å². The van der Waals surface area contributed by atoms with Gasteiger partial charge in [-0.2, -0.15) is 5.10 Å². The van der Waals surface area contributed by atoms with Crippen LogP contribution < -0.4 is 5.73 Å². The quantitative estimate of drug-likeness (QED) is 0.856. The van der Waals surface area contributed by atoms with E-state index in [1.165, 1.54) is 50.6 Å². The molecule has 4 nitrogen and oxygen atoms in total. The highest BCUT2D eigenvalue weighted by Crippen LogP contribution is 2.29. The van der Waals surface area contributed by atoms with Crippen LogP contribution in [0.15, 0.2) is 12.3 Å². The van der Waals surface area contributed by atoms with Crippen LogP contribution in [0.5, 0.6) is 0 Å². The van der Waals surface area contributed by atoms with E-state index in [0.717, 1.165) is 25.7 Å². The Morgan fingerprint density at radius 3 is 2.63 bits per heavy atom. The summed E-state index contributed by atoms with van der Waals surface area (Å²) in [6, 6.07) is 3.60. The minimum Gasteiger partial charge on any atom is -0.329 e. The molecular formula is C15H26N4. The molecule has 19 heavy (non-hydrogen) atoms. The summed E-state index contributed by atoms with van der Waals surface area (Å²) in [6.07, 6.45) is 11.6. The molecule has 2 N–H and O–H groups in total. The van der Waals surface area contributed by atoms with E-state index in [4.69, 9.17) is 10.8 Å². The van der Waals surface area contributed by atoms with Gasteiger partial charge < -0.3 is 5.73 Å². The Hall–Kier alpha value is -0.870. The highest BCUT2D eigenvalue weighted by molar-refractivity contribution is 5.01. The number of aromatic nitrogens is 2. The first kappa shape index (κ1) is 13.1. The zero-order chi connectivity index (χ0) is 13.1. The summed E-state index contributed by atoms with van der Waals surface area (Å²) in [5, 5.41) is 4.79. The highest BCUT2D eigenvalue weighted by Gasteiger charge is 2.25. The molecule has 0 aliphatic heterocycles. The third-order valence-corrected chi connectivity index (χ3v) is 4.73. The van der Waals surface area contributed by atoms with Gasteiger partial charge in [-0.3, -0.25) is 9.58 Å². The predicted molar refractivity (Wildman–Crippen MR) is 76.8 cm³/mol. The zero-order valence-electron chi connectivity index (χ0n) is 11.8. The molecule has 0 aromatic carbocycles. The molecule has 0 bridgehead atoms. The van der Waals surface area contributed by atoms with Gasteiger partial charge in [0.2, 0.25) is 0 Å². The van der Waals surface area contributed by atoms with E-state index in [-0.39, 0.29) is 0 Å². The fourth-order valence-corrected chi connectivity index (χ4v) is 3.35. The van der Waals surface area contributed by atoms with Crippen molar-refractivity contribution >= 4 is 0 Å². The van der Waals surface area contributed by atoms with Crippen molar-refractivity contribution in [3.63, 3.8) is 0 Å². The van der Waals surface area contributed by atoms with E-state index < -0.39 is 0 Å². The van der Waals surface area contributed by atoms with Gasteiger partial charge >= 0.3 is 0 Å². The Labute approximate surface area is 116 Å². The molecule has 106 valence electrons. The van der Waals surface area contributed by atoms with Gasteiger partial charge in [0.1, 0.15) is 0 Å². The number of rotatable bonds is 6. The number of hydrogen-bond acceptors (Lipinski definition) is 3. The normalized spacial score (nSPS) is 21.2. The molecule has 2 fully saturated rings. The van der Waals surface area contributed by atoms with E-state index in [9.17, 15) is 0 Å². The van der Waals surface area contributed by atoms with Crippen molar-refractivity contribution in [1.29, 1.82) is 0 Å². The monoisotopic (exact) mass is 262 g/mol. The largest absolute Gasteiger partial charge is 0.329 e. The Bertz CT molecular complexity index is 391. The molecule has 1 heterocycles. The van der Waals surface area contributed by atoms with Crippen LogP contribution in [0.25, 0.3) is 0 Å². The van der Waals surface area contributed by atoms with Crippen molar-refractivity contribution in [2.45, 2.75) is 63.6 Å². The molecule has 2 aliphatic carbocycles. The number of nitrogens with two attached hydrogens (primary N) is 1. The first-order valence-corrected chi connectivity index (χ1v) is 7.85. The second-order valence-electron chi connectivity index (χ2n) is 6.07. The zero-order valence-corrected chi connectivity index (χ0v) is 11.8. The van der Waals surface area contributed by atoms with Crippen LogP contribution in [-0.2, 0) is 6.54 Å².